The molecule has 0 bridgehead atoms. The van der Waals surface area contributed by atoms with Crippen LogP contribution in [0.15, 0.2) is 36.4 Å². The highest BCUT2D eigenvalue weighted by atomic mass is 14.2. The normalized spacial score (nSPS) is 18.4. The van der Waals surface area contributed by atoms with Gasteiger partial charge in [0.15, 0.2) is 0 Å². The molecule has 0 nitrogen and oxygen atoms in total. The Kier molecular flexibility index (Phi) is 4.21. The molecular formula is C16H21. The maximum Gasteiger partial charge on any atom is 0.00209 e. The van der Waals surface area contributed by atoms with Gasteiger partial charge in [-0.1, -0.05) is 69.0 Å². The summed E-state index contributed by atoms with van der Waals surface area (Å²) in [4.78, 5) is 0. The molecule has 0 N–H and O–H groups in total. The first-order valence-corrected chi connectivity index (χ1v) is 6.45. The van der Waals surface area contributed by atoms with E-state index in [9.17, 15) is 0 Å². The van der Waals surface area contributed by atoms with Gasteiger partial charge in [0.05, 0.1) is 0 Å². The summed E-state index contributed by atoms with van der Waals surface area (Å²) < 4.78 is 0. The molecule has 0 saturated heterocycles. The largest absolute Gasteiger partial charge is 0.0835 e. The van der Waals surface area contributed by atoms with E-state index in [1.165, 1.54) is 31.2 Å². The lowest BCUT2D eigenvalue weighted by molar-refractivity contribution is 0.607. The van der Waals surface area contributed by atoms with Crippen molar-refractivity contribution in [3.8, 4) is 0 Å². The van der Waals surface area contributed by atoms with Gasteiger partial charge < -0.3 is 0 Å². The average molecular weight is 213 g/mol. The first kappa shape index (κ1) is 11.4. The van der Waals surface area contributed by atoms with Crippen LogP contribution < -0.4 is 0 Å². The summed E-state index contributed by atoms with van der Waals surface area (Å²) in [5.74, 6) is 0.662. The maximum absolute atomic E-state index is 3.89. The summed E-state index contributed by atoms with van der Waals surface area (Å²) in [5, 5.41) is 0. The predicted octanol–water partition coefficient (Wildman–Crippen LogP) is 4.67. The zero-order valence-electron chi connectivity index (χ0n) is 9.99. The van der Waals surface area contributed by atoms with E-state index in [0.29, 0.717) is 5.92 Å². The summed E-state index contributed by atoms with van der Waals surface area (Å²) in [6.07, 6.45) is 12.2. The van der Waals surface area contributed by atoms with E-state index < -0.39 is 0 Å². The Morgan fingerprint density at radius 3 is 2.88 bits per heavy atom. The Morgan fingerprint density at radius 1 is 1.12 bits per heavy atom. The summed E-state index contributed by atoms with van der Waals surface area (Å²) in [7, 11) is 0. The summed E-state index contributed by atoms with van der Waals surface area (Å²) in [6.45, 7) is 3.89. The quantitative estimate of drug-likeness (QED) is 0.492. The molecule has 0 spiro atoms. The Hall–Kier alpha value is -1.04. The van der Waals surface area contributed by atoms with E-state index in [0.717, 1.165) is 12.8 Å². The third-order valence-electron chi connectivity index (χ3n) is 3.43. The highest BCUT2D eigenvalue weighted by Crippen LogP contribution is 2.30. The monoisotopic (exact) mass is 213 g/mol. The summed E-state index contributed by atoms with van der Waals surface area (Å²) in [6, 6.07) is 8.88. The molecule has 85 valence electrons. The second-order valence-electron chi connectivity index (χ2n) is 4.64. The second kappa shape index (κ2) is 5.89. The van der Waals surface area contributed by atoms with Crippen molar-refractivity contribution in [1.29, 1.82) is 0 Å². The molecule has 0 heterocycles. The fraction of sp³-hybridized carbons (Fsp3) is 0.438. The van der Waals surface area contributed by atoms with Gasteiger partial charge in [0.1, 0.15) is 0 Å². The molecule has 2 rings (SSSR count). The number of unbranched alkanes of at least 4 members (excludes halogenated alkanes) is 3. The smallest absolute Gasteiger partial charge is 0.00209 e. The maximum atomic E-state index is 3.89. The van der Waals surface area contributed by atoms with E-state index in [1.807, 2.05) is 0 Å². The SMILES string of the molecule is [CH2]CCCCCC1C=CCc2ccccc21. The zero-order chi connectivity index (χ0) is 11.2. The van der Waals surface area contributed by atoms with Crippen LogP contribution in [0.4, 0.5) is 0 Å². The molecule has 1 unspecified atom stereocenters. The van der Waals surface area contributed by atoms with E-state index in [-0.39, 0.29) is 0 Å². The van der Waals surface area contributed by atoms with Gasteiger partial charge in [-0.25, -0.2) is 0 Å². The lowest BCUT2D eigenvalue weighted by Crippen LogP contribution is -2.04. The lowest BCUT2D eigenvalue weighted by Gasteiger charge is -2.20. The molecule has 1 aliphatic carbocycles. The van der Waals surface area contributed by atoms with Gasteiger partial charge in [-0.05, 0) is 24.0 Å². The van der Waals surface area contributed by atoms with Crippen LogP contribution in [0.25, 0.3) is 0 Å². The molecule has 0 amide bonds. The third-order valence-corrected chi connectivity index (χ3v) is 3.43. The minimum Gasteiger partial charge on any atom is -0.0835 e. The zero-order valence-corrected chi connectivity index (χ0v) is 9.99. The Bertz CT molecular complexity index is 349. The Balaban J connectivity index is 1.94. The van der Waals surface area contributed by atoms with E-state index in [4.69, 9.17) is 0 Å². The van der Waals surface area contributed by atoms with Crippen molar-refractivity contribution in [2.24, 2.45) is 0 Å². The number of allylic oxidation sites excluding steroid dienone is 2. The van der Waals surface area contributed by atoms with Crippen molar-refractivity contribution in [2.45, 2.75) is 44.4 Å². The van der Waals surface area contributed by atoms with Crippen LogP contribution in [0.5, 0.6) is 0 Å². The minimum absolute atomic E-state index is 0.662. The van der Waals surface area contributed by atoms with Crippen molar-refractivity contribution < 1.29 is 0 Å². The molecule has 1 radical (unpaired) electrons. The topological polar surface area (TPSA) is 0 Å². The molecular weight excluding hydrogens is 192 g/mol. The van der Waals surface area contributed by atoms with Gasteiger partial charge in [0, 0.05) is 5.92 Å². The molecule has 0 aliphatic heterocycles. The third kappa shape index (κ3) is 2.75. The van der Waals surface area contributed by atoms with Crippen molar-refractivity contribution in [2.75, 3.05) is 0 Å². The number of fused-ring (bicyclic) bond motifs is 1. The minimum atomic E-state index is 0.662. The number of hydrogen-bond donors (Lipinski definition) is 0. The highest BCUT2D eigenvalue weighted by Gasteiger charge is 2.14. The molecule has 16 heavy (non-hydrogen) atoms. The van der Waals surface area contributed by atoms with Crippen LogP contribution in [0, 0.1) is 6.92 Å². The summed E-state index contributed by atoms with van der Waals surface area (Å²) in [5.41, 5.74) is 3.08. The molecule has 1 aromatic rings. The van der Waals surface area contributed by atoms with Gasteiger partial charge >= 0.3 is 0 Å². The van der Waals surface area contributed by atoms with Gasteiger partial charge in [0.25, 0.3) is 0 Å². The molecule has 0 aromatic heterocycles. The van der Waals surface area contributed by atoms with Crippen LogP contribution in [-0.2, 0) is 6.42 Å². The van der Waals surface area contributed by atoms with E-state index >= 15 is 0 Å². The van der Waals surface area contributed by atoms with E-state index in [1.54, 1.807) is 5.56 Å². The van der Waals surface area contributed by atoms with E-state index in [2.05, 4.69) is 43.3 Å². The van der Waals surface area contributed by atoms with Gasteiger partial charge in [-0.15, -0.1) is 0 Å². The van der Waals surface area contributed by atoms with Gasteiger partial charge in [-0.3, -0.25) is 0 Å². The number of rotatable bonds is 5. The second-order valence-corrected chi connectivity index (χ2v) is 4.64. The van der Waals surface area contributed by atoms with Crippen LogP contribution in [0.3, 0.4) is 0 Å². The molecule has 0 saturated carbocycles. The fourth-order valence-electron chi connectivity index (χ4n) is 2.51. The average Bonchev–Trinajstić information content (AvgIpc) is 2.35. The molecule has 0 heteroatoms. The van der Waals surface area contributed by atoms with Crippen molar-refractivity contribution >= 4 is 0 Å². The Labute approximate surface area is 99.4 Å². The molecule has 1 atom stereocenters. The molecule has 1 aliphatic rings. The van der Waals surface area contributed by atoms with Crippen LogP contribution in [0.1, 0.15) is 49.1 Å². The first-order chi connectivity index (χ1) is 7.92. The number of hydrogen-bond acceptors (Lipinski definition) is 0. The van der Waals surface area contributed by atoms with Crippen LogP contribution >= 0.6 is 0 Å². The fourth-order valence-corrected chi connectivity index (χ4v) is 2.51. The lowest BCUT2D eigenvalue weighted by atomic mass is 9.85. The number of benzene rings is 1. The van der Waals surface area contributed by atoms with Crippen LogP contribution in [-0.4, -0.2) is 0 Å². The molecule has 1 aromatic carbocycles. The van der Waals surface area contributed by atoms with Crippen LogP contribution in [0.2, 0.25) is 0 Å². The molecule has 0 fully saturated rings. The predicted molar refractivity (Wildman–Crippen MR) is 70.5 cm³/mol. The standard InChI is InChI=1S/C16H21/c1-2-3-4-5-9-14-11-8-12-15-10-6-7-13-16(14)15/h6-8,10-11,13-14H,1-5,9,12H2. The Morgan fingerprint density at radius 2 is 2.00 bits per heavy atom. The van der Waals surface area contributed by atoms with Gasteiger partial charge in [-0.2, -0.15) is 0 Å². The van der Waals surface area contributed by atoms with Crippen molar-refractivity contribution in [3.63, 3.8) is 0 Å². The van der Waals surface area contributed by atoms with Crippen molar-refractivity contribution in [1.82, 2.24) is 0 Å². The van der Waals surface area contributed by atoms with Crippen molar-refractivity contribution in [3.05, 3.63) is 54.5 Å². The summed E-state index contributed by atoms with van der Waals surface area (Å²) >= 11 is 0. The highest BCUT2D eigenvalue weighted by molar-refractivity contribution is 5.37. The van der Waals surface area contributed by atoms with Gasteiger partial charge in [0.2, 0.25) is 0 Å². The first-order valence-electron chi connectivity index (χ1n) is 6.45.